The molecule has 5 heteroatoms. The van der Waals surface area contributed by atoms with E-state index in [1.165, 1.54) is 70.6 Å². The van der Waals surface area contributed by atoms with E-state index in [-0.39, 0.29) is 6.10 Å². The maximum absolute atomic E-state index is 10.9. The zero-order valence-corrected chi connectivity index (χ0v) is 19.5. The molecular formula is C23H48O4S. The monoisotopic (exact) mass is 420 g/mol. The van der Waals surface area contributed by atoms with Crippen molar-refractivity contribution < 1.29 is 18.1 Å². The molecule has 0 saturated carbocycles. The zero-order valence-electron chi connectivity index (χ0n) is 18.7. The molecule has 0 rings (SSSR count). The molecule has 0 aromatic heterocycles. The summed E-state index contributed by atoms with van der Waals surface area (Å²) >= 11 is 0. The van der Waals surface area contributed by atoms with Gasteiger partial charge in [-0.05, 0) is 26.2 Å². The minimum atomic E-state index is -3.86. The van der Waals surface area contributed by atoms with E-state index >= 15 is 0 Å². The Balaban J connectivity index is 3.28. The lowest BCUT2D eigenvalue weighted by Gasteiger charge is -2.10. The lowest BCUT2D eigenvalue weighted by Crippen LogP contribution is -2.16. The van der Waals surface area contributed by atoms with Crippen LogP contribution in [0.1, 0.15) is 136 Å². The van der Waals surface area contributed by atoms with Gasteiger partial charge in [0.2, 0.25) is 0 Å². The summed E-state index contributed by atoms with van der Waals surface area (Å²) in [6.07, 6.45) is 21.9. The molecule has 0 aliphatic heterocycles. The zero-order chi connectivity index (χ0) is 21.1. The fraction of sp³-hybridized carbons (Fsp3) is 1.00. The van der Waals surface area contributed by atoms with E-state index in [9.17, 15) is 13.5 Å². The molecule has 0 aliphatic carbocycles. The third kappa shape index (κ3) is 19.2. The molecule has 0 bridgehead atoms. The highest BCUT2D eigenvalue weighted by Gasteiger charge is 2.15. The van der Waals surface area contributed by atoms with Crippen LogP contribution in [0.5, 0.6) is 0 Å². The van der Waals surface area contributed by atoms with Crippen LogP contribution in [-0.4, -0.2) is 29.4 Å². The van der Waals surface area contributed by atoms with Gasteiger partial charge in [0.25, 0.3) is 10.1 Å². The minimum absolute atomic E-state index is 0.119. The van der Waals surface area contributed by atoms with Crippen LogP contribution in [0.3, 0.4) is 0 Å². The van der Waals surface area contributed by atoms with Crippen LogP contribution in [0.25, 0.3) is 0 Å². The summed E-state index contributed by atoms with van der Waals surface area (Å²) in [5, 5.41) is 9.43. The quantitative estimate of drug-likeness (QED) is 0.154. The van der Waals surface area contributed by atoms with Gasteiger partial charge >= 0.3 is 0 Å². The second kappa shape index (κ2) is 18.9. The largest absolute Gasteiger partial charge is 0.393 e. The molecule has 0 spiro atoms. The highest BCUT2D eigenvalue weighted by molar-refractivity contribution is 7.86. The van der Waals surface area contributed by atoms with Crippen molar-refractivity contribution in [2.24, 2.45) is 0 Å². The molecule has 0 aromatic carbocycles. The Morgan fingerprint density at radius 3 is 1.29 bits per heavy atom. The first-order chi connectivity index (χ1) is 13.4. The number of aliphatic hydroxyl groups excluding tert-OH is 1. The van der Waals surface area contributed by atoms with Crippen molar-refractivity contribution in [2.45, 2.75) is 147 Å². The van der Waals surface area contributed by atoms with Gasteiger partial charge < -0.3 is 5.11 Å². The van der Waals surface area contributed by atoms with E-state index in [4.69, 9.17) is 4.55 Å². The molecule has 0 aliphatic rings. The van der Waals surface area contributed by atoms with Gasteiger partial charge in [0, 0.05) is 0 Å². The molecule has 0 fully saturated rings. The van der Waals surface area contributed by atoms with Gasteiger partial charge in [-0.15, -0.1) is 0 Å². The Bertz CT molecular complexity index is 422. The molecule has 2 N–H and O–H groups in total. The van der Waals surface area contributed by atoms with E-state index in [0.717, 1.165) is 44.9 Å². The fourth-order valence-corrected chi connectivity index (χ4v) is 4.14. The number of unbranched alkanes of at least 4 members (excludes halogenated alkanes) is 14. The molecule has 0 heterocycles. The van der Waals surface area contributed by atoms with Crippen molar-refractivity contribution >= 4 is 10.1 Å². The summed E-state index contributed by atoms with van der Waals surface area (Å²) in [7, 11) is -3.86. The van der Waals surface area contributed by atoms with Gasteiger partial charge in [-0.2, -0.15) is 8.42 Å². The van der Waals surface area contributed by atoms with Crippen molar-refractivity contribution in [2.75, 3.05) is 0 Å². The summed E-state index contributed by atoms with van der Waals surface area (Å²) in [5.41, 5.74) is 0. The standard InChI is InChI=1S/C23H48O4S/c1-3-4-5-6-7-8-11-14-17-20-23(24)21-18-15-12-9-10-13-16-19-22(2)28(25,26)27/h22-24H,3-21H2,1-2H3,(H,25,26,27). The number of rotatable bonds is 21. The topological polar surface area (TPSA) is 74.6 Å². The second-order valence-electron chi connectivity index (χ2n) is 8.65. The van der Waals surface area contributed by atoms with E-state index in [1.54, 1.807) is 6.92 Å². The van der Waals surface area contributed by atoms with Crippen molar-refractivity contribution in [3.63, 3.8) is 0 Å². The van der Waals surface area contributed by atoms with Gasteiger partial charge in [0.1, 0.15) is 0 Å². The molecule has 28 heavy (non-hydrogen) atoms. The van der Waals surface area contributed by atoms with Crippen LogP contribution in [-0.2, 0) is 10.1 Å². The Morgan fingerprint density at radius 2 is 0.929 bits per heavy atom. The average Bonchev–Trinajstić information content (AvgIpc) is 2.64. The lowest BCUT2D eigenvalue weighted by atomic mass is 10.0. The summed E-state index contributed by atoms with van der Waals surface area (Å²) in [4.78, 5) is 0. The van der Waals surface area contributed by atoms with Crippen LogP contribution in [0.4, 0.5) is 0 Å². The maximum atomic E-state index is 10.9. The van der Waals surface area contributed by atoms with Gasteiger partial charge in [-0.1, -0.05) is 110 Å². The Kier molecular flexibility index (Phi) is 18.8. The molecule has 2 atom stereocenters. The van der Waals surface area contributed by atoms with E-state index < -0.39 is 15.4 Å². The van der Waals surface area contributed by atoms with Crippen LogP contribution in [0.2, 0.25) is 0 Å². The maximum Gasteiger partial charge on any atom is 0.267 e. The third-order valence-electron chi connectivity index (χ3n) is 5.80. The third-order valence-corrected chi connectivity index (χ3v) is 7.05. The fourth-order valence-electron chi connectivity index (χ4n) is 3.68. The minimum Gasteiger partial charge on any atom is -0.393 e. The highest BCUT2D eigenvalue weighted by Crippen LogP contribution is 2.16. The number of hydrogen-bond donors (Lipinski definition) is 2. The van der Waals surface area contributed by atoms with Crippen LogP contribution in [0, 0.1) is 0 Å². The van der Waals surface area contributed by atoms with Crippen LogP contribution < -0.4 is 0 Å². The van der Waals surface area contributed by atoms with Crippen molar-refractivity contribution in [3.05, 3.63) is 0 Å². The molecule has 0 saturated heterocycles. The normalized spacial score (nSPS) is 14.3. The summed E-state index contributed by atoms with van der Waals surface area (Å²) in [6, 6.07) is 0. The first-order valence-electron chi connectivity index (χ1n) is 12.0. The van der Waals surface area contributed by atoms with Crippen molar-refractivity contribution in [3.8, 4) is 0 Å². The van der Waals surface area contributed by atoms with Gasteiger partial charge in [0.05, 0.1) is 11.4 Å². The van der Waals surface area contributed by atoms with Crippen molar-refractivity contribution in [1.29, 1.82) is 0 Å². The predicted octanol–water partition coefficient (Wildman–Crippen LogP) is 7.06. The SMILES string of the molecule is CCCCCCCCCCCC(O)CCCCCCCCCC(C)S(=O)(=O)O. The van der Waals surface area contributed by atoms with E-state index in [0.29, 0.717) is 6.42 Å². The smallest absolute Gasteiger partial charge is 0.267 e. The van der Waals surface area contributed by atoms with Crippen LogP contribution >= 0.6 is 0 Å². The highest BCUT2D eigenvalue weighted by atomic mass is 32.2. The summed E-state index contributed by atoms with van der Waals surface area (Å²) in [6.45, 7) is 3.82. The van der Waals surface area contributed by atoms with Crippen molar-refractivity contribution in [1.82, 2.24) is 0 Å². The molecular weight excluding hydrogens is 372 g/mol. The second-order valence-corrected chi connectivity index (χ2v) is 10.5. The first-order valence-corrected chi connectivity index (χ1v) is 13.5. The Labute approximate surface area is 175 Å². The predicted molar refractivity (Wildman–Crippen MR) is 120 cm³/mol. The molecule has 170 valence electrons. The summed E-state index contributed by atoms with van der Waals surface area (Å²) in [5.74, 6) is 0. The van der Waals surface area contributed by atoms with E-state index in [1.807, 2.05) is 0 Å². The average molecular weight is 421 g/mol. The number of hydrogen-bond acceptors (Lipinski definition) is 3. The van der Waals surface area contributed by atoms with Gasteiger partial charge in [-0.25, -0.2) is 0 Å². The summed E-state index contributed by atoms with van der Waals surface area (Å²) < 4.78 is 30.7. The molecule has 0 aromatic rings. The van der Waals surface area contributed by atoms with Gasteiger partial charge in [-0.3, -0.25) is 4.55 Å². The number of aliphatic hydroxyl groups is 1. The molecule has 4 nitrogen and oxygen atoms in total. The van der Waals surface area contributed by atoms with Crippen LogP contribution in [0.15, 0.2) is 0 Å². The molecule has 0 radical (unpaired) electrons. The Hall–Kier alpha value is -0.130. The lowest BCUT2D eigenvalue weighted by molar-refractivity contribution is 0.147. The van der Waals surface area contributed by atoms with Gasteiger partial charge in [0.15, 0.2) is 0 Å². The van der Waals surface area contributed by atoms with E-state index in [2.05, 4.69) is 6.92 Å². The Morgan fingerprint density at radius 1 is 0.607 bits per heavy atom. The first kappa shape index (κ1) is 27.9. The molecule has 0 amide bonds. The molecule has 2 unspecified atom stereocenters.